The van der Waals surface area contributed by atoms with Crippen LogP contribution in [0.1, 0.15) is 0 Å². The first-order valence-electron chi connectivity index (χ1n) is 7.41. The molecule has 0 aliphatic carbocycles. The van der Waals surface area contributed by atoms with Gasteiger partial charge < -0.3 is 23.5 Å². The third-order valence-electron chi connectivity index (χ3n) is 4.02. The summed E-state index contributed by atoms with van der Waals surface area (Å²) in [6, 6.07) is 9.17. The van der Waals surface area contributed by atoms with Crippen LogP contribution in [-0.2, 0) is 11.5 Å². The summed E-state index contributed by atoms with van der Waals surface area (Å²) in [5.41, 5.74) is 1.33. The van der Waals surface area contributed by atoms with Gasteiger partial charge in [0, 0.05) is 18.6 Å². The molecule has 2 aromatic carbocycles. The van der Waals surface area contributed by atoms with E-state index in [4.69, 9.17) is 18.9 Å². The summed E-state index contributed by atoms with van der Waals surface area (Å²) >= 11 is 0. The van der Waals surface area contributed by atoms with E-state index in [1.807, 2.05) is 22.8 Å². The second-order valence-electron chi connectivity index (χ2n) is 5.23. The number of hydrogen-bond donors (Lipinski definition) is 0. The lowest BCUT2D eigenvalue weighted by molar-refractivity contribution is 0.137. The summed E-state index contributed by atoms with van der Waals surface area (Å²) in [6.45, 7) is 0.288. The number of aromatic nitrogens is 1. The number of pyridine rings is 1. The fourth-order valence-electron chi connectivity index (χ4n) is 3.01. The van der Waals surface area contributed by atoms with Gasteiger partial charge in [-0.3, -0.25) is 4.79 Å². The minimum Gasteiger partial charge on any atom is -0.493 e. The molecule has 0 radical (unpaired) electrons. The van der Waals surface area contributed by atoms with Crippen LogP contribution in [0.25, 0.3) is 21.8 Å². The molecule has 0 spiro atoms. The molecule has 0 bridgehead atoms. The van der Waals surface area contributed by atoms with Crippen molar-refractivity contribution in [3.63, 3.8) is 0 Å². The minimum absolute atomic E-state index is 0.120. The zero-order chi connectivity index (χ0) is 17.3. The summed E-state index contributed by atoms with van der Waals surface area (Å²) in [5.74, 6) is 1.23. The average Bonchev–Trinajstić information content (AvgIpc) is 2.63. The molecule has 0 aliphatic heterocycles. The van der Waals surface area contributed by atoms with Crippen LogP contribution in [0.2, 0.25) is 0 Å². The molecule has 0 N–H and O–H groups in total. The molecule has 6 nitrogen and oxygen atoms in total. The van der Waals surface area contributed by atoms with Crippen LogP contribution in [0, 0.1) is 0 Å². The number of methoxy groups -OCH3 is 4. The van der Waals surface area contributed by atoms with Gasteiger partial charge in [0.2, 0.25) is 11.2 Å². The van der Waals surface area contributed by atoms with Crippen molar-refractivity contribution in [3.05, 3.63) is 40.6 Å². The van der Waals surface area contributed by atoms with Crippen LogP contribution in [0.5, 0.6) is 17.2 Å². The first kappa shape index (κ1) is 16.1. The van der Waals surface area contributed by atoms with E-state index >= 15 is 0 Å². The van der Waals surface area contributed by atoms with Crippen molar-refractivity contribution in [1.82, 2.24) is 4.57 Å². The Labute approximate surface area is 139 Å². The third kappa shape index (κ3) is 2.27. The van der Waals surface area contributed by atoms with E-state index in [2.05, 4.69) is 0 Å². The largest absolute Gasteiger partial charge is 0.493 e. The quantitative estimate of drug-likeness (QED) is 0.674. The van der Waals surface area contributed by atoms with Gasteiger partial charge in [-0.1, -0.05) is 12.1 Å². The van der Waals surface area contributed by atoms with Crippen molar-refractivity contribution in [1.29, 1.82) is 0 Å². The highest BCUT2D eigenvalue weighted by molar-refractivity contribution is 5.99. The molecular weight excluding hydrogens is 310 g/mol. The molecule has 0 aliphatic rings. The number of benzene rings is 2. The van der Waals surface area contributed by atoms with Crippen LogP contribution in [0.3, 0.4) is 0 Å². The van der Waals surface area contributed by atoms with Crippen LogP contribution in [-0.4, -0.2) is 33.0 Å². The summed E-state index contributed by atoms with van der Waals surface area (Å²) in [6.07, 6.45) is 0. The molecule has 126 valence electrons. The van der Waals surface area contributed by atoms with E-state index in [1.54, 1.807) is 26.4 Å². The standard InChI is InChI=1S/C18H19NO5/c1-21-10-19-12-8-6-5-7-11(12)16(20)15-13(19)9-14(22-2)17(23-3)18(15)24-4/h5-9H,10H2,1-4H3. The van der Waals surface area contributed by atoms with E-state index in [0.29, 0.717) is 33.5 Å². The number of nitrogens with zero attached hydrogens (tertiary/aromatic N) is 1. The van der Waals surface area contributed by atoms with E-state index in [9.17, 15) is 4.79 Å². The van der Waals surface area contributed by atoms with Gasteiger partial charge >= 0.3 is 0 Å². The Morgan fingerprint density at radius 3 is 2.25 bits per heavy atom. The fourth-order valence-corrected chi connectivity index (χ4v) is 3.01. The van der Waals surface area contributed by atoms with Crippen LogP contribution in [0.15, 0.2) is 35.1 Å². The normalized spacial score (nSPS) is 11.0. The molecule has 0 saturated carbocycles. The van der Waals surface area contributed by atoms with Gasteiger partial charge in [-0.25, -0.2) is 0 Å². The lowest BCUT2D eigenvalue weighted by Gasteiger charge is -2.19. The molecule has 24 heavy (non-hydrogen) atoms. The molecule has 1 heterocycles. The van der Waals surface area contributed by atoms with Gasteiger partial charge in [-0.2, -0.15) is 0 Å². The first-order chi connectivity index (χ1) is 11.7. The van der Waals surface area contributed by atoms with Crippen molar-refractivity contribution in [2.75, 3.05) is 28.4 Å². The fraction of sp³-hybridized carbons (Fsp3) is 0.278. The highest BCUT2D eigenvalue weighted by Crippen LogP contribution is 2.42. The molecule has 6 heteroatoms. The maximum Gasteiger partial charge on any atom is 0.204 e. The van der Waals surface area contributed by atoms with Crippen molar-refractivity contribution in [3.8, 4) is 17.2 Å². The van der Waals surface area contributed by atoms with Gasteiger partial charge in [0.1, 0.15) is 6.73 Å². The zero-order valence-corrected chi connectivity index (χ0v) is 14.1. The number of hydrogen-bond acceptors (Lipinski definition) is 5. The number of rotatable bonds is 5. The molecule has 3 aromatic rings. The molecule has 1 aromatic heterocycles. The molecule has 0 fully saturated rings. The average molecular weight is 329 g/mol. The third-order valence-corrected chi connectivity index (χ3v) is 4.02. The van der Waals surface area contributed by atoms with E-state index in [-0.39, 0.29) is 12.2 Å². The van der Waals surface area contributed by atoms with Gasteiger partial charge in [0.05, 0.1) is 37.7 Å². The maximum absolute atomic E-state index is 13.1. The van der Waals surface area contributed by atoms with Crippen LogP contribution >= 0.6 is 0 Å². The second-order valence-corrected chi connectivity index (χ2v) is 5.23. The monoisotopic (exact) mass is 329 g/mol. The van der Waals surface area contributed by atoms with Gasteiger partial charge in [-0.15, -0.1) is 0 Å². The zero-order valence-electron chi connectivity index (χ0n) is 14.1. The highest BCUT2D eigenvalue weighted by atomic mass is 16.5. The minimum atomic E-state index is -0.120. The van der Waals surface area contributed by atoms with Crippen LogP contribution in [0.4, 0.5) is 0 Å². The number of ether oxygens (including phenoxy) is 4. The van der Waals surface area contributed by atoms with Gasteiger partial charge in [-0.05, 0) is 12.1 Å². The summed E-state index contributed by atoms with van der Waals surface area (Å²) in [5, 5.41) is 1.03. The van der Waals surface area contributed by atoms with Crippen molar-refractivity contribution < 1.29 is 18.9 Å². The number of para-hydroxylation sites is 1. The van der Waals surface area contributed by atoms with Gasteiger partial charge in [0.25, 0.3) is 0 Å². The lowest BCUT2D eigenvalue weighted by atomic mass is 10.1. The number of fused-ring (bicyclic) bond motifs is 2. The molecule has 0 saturated heterocycles. The van der Waals surface area contributed by atoms with Crippen LogP contribution < -0.4 is 19.6 Å². The second kappa shape index (κ2) is 6.41. The Morgan fingerprint density at radius 2 is 1.62 bits per heavy atom. The Kier molecular flexibility index (Phi) is 4.31. The molecule has 0 unspecified atom stereocenters. The molecular formula is C18H19NO5. The maximum atomic E-state index is 13.1. The molecule has 0 atom stereocenters. The highest BCUT2D eigenvalue weighted by Gasteiger charge is 2.22. The predicted molar refractivity (Wildman–Crippen MR) is 92.4 cm³/mol. The summed E-state index contributed by atoms with van der Waals surface area (Å²) in [7, 11) is 6.17. The predicted octanol–water partition coefficient (Wildman–Crippen LogP) is 2.78. The topological polar surface area (TPSA) is 58.9 Å². The Hall–Kier alpha value is -2.73. The molecule has 3 rings (SSSR count). The lowest BCUT2D eigenvalue weighted by Crippen LogP contribution is -2.14. The van der Waals surface area contributed by atoms with Crippen molar-refractivity contribution in [2.24, 2.45) is 0 Å². The van der Waals surface area contributed by atoms with E-state index in [0.717, 1.165) is 5.52 Å². The van der Waals surface area contributed by atoms with Crippen molar-refractivity contribution >= 4 is 21.8 Å². The smallest absolute Gasteiger partial charge is 0.204 e. The van der Waals surface area contributed by atoms with Crippen molar-refractivity contribution in [2.45, 2.75) is 6.73 Å². The Morgan fingerprint density at radius 1 is 0.917 bits per heavy atom. The van der Waals surface area contributed by atoms with E-state index in [1.165, 1.54) is 14.2 Å². The first-order valence-corrected chi connectivity index (χ1v) is 7.41. The molecule has 0 amide bonds. The Balaban J connectivity index is 2.62. The van der Waals surface area contributed by atoms with Gasteiger partial charge in [0.15, 0.2) is 11.5 Å². The Bertz CT molecular complexity index is 961. The SMILES string of the molecule is COCn1c2ccccc2c(=O)c2c(OC)c(OC)c(OC)cc21. The van der Waals surface area contributed by atoms with E-state index < -0.39 is 0 Å². The summed E-state index contributed by atoms with van der Waals surface area (Å²) < 4.78 is 23.6. The summed E-state index contributed by atoms with van der Waals surface area (Å²) in [4.78, 5) is 13.1.